The van der Waals surface area contributed by atoms with E-state index in [2.05, 4.69) is 10.6 Å². The molecule has 8 nitrogen and oxygen atoms in total. The zero-order valence-electron chi connectivity index (χ0n) is 25.1. The molecule has 1 fully saturated rings. The second kappa shape index (κ2) is 15.0. The fraction of sp³-hybridized carbons (Fsp3) is 0.278. The highest BCUT2D eigenvalue weighted by Crippen LogP contribution is 2.26. The van der Waals surface area contributed by atoms with E-state index in [1.807, 2.05) is 62.4 Å². The Morgan fingerprint density at radius 1 is 0.523 bits per heavy atom. The van der Waals surface area contributed by atoms with Crippen LogP contribution in [0.25, 0.3) is 0 Å². The second-order valence-electron chi connectivity index (χ2n) is 11.0. The van der Waals surface area contributed by atoms with Gasteiger partial charge in [-0.05, 0) is 99.5 Å². The van der Waals surface area contributed by atoms with Crippen molar-refractivity contribution < 1.29 is 28.5 Å². The highest BCUT2D eigenvalue weighted by molar-refractivity contribution is 5.79. The molecule has 0 aliphatic heterocycles. The van der Waals surface area contributed by atoms with Crippen LogP contribution in [0.1, 0.15) is 36.8 Å². The lowest BCUT2D eigenvalue weighted by Crippen LogP contribution is -2.54. The van der Waals surface area contributed by atoms with Gasteiger partial charge < -0.3 is 29.6 Å². The quantitative estimate of drug-likeness (QED) is 0.186. The van der Waals surface area contributed by atoms with Crippen molar-refractivity contribution in [2.75, 3.05) is 13.2 Å². The molecule has 2 N–H and O–H groups in total. The molecule has 5 rings (SSSR count). The summed E-state index contributed by atoms with van der Waals surface area (Å²) in [6, 6.07) is 29.6. The van der Waals surface area contributed by atoms with Gasteiger partial charge in [-0.15, -0.1) is 0 Å². The predicted molar refractivity (Wildman–Crippen MR) is 169 cm³/mol. The largest absolute Gasteiger partial charge is 0.484 e. The minimum Gasteiger partial charge on any atom is -0.484 e. The fourth-order valence-electron chi connectivity index (χ4n) is 4.96. The molecule has 4 aromatic rings. The molecule has 44 heavy (non-hydrogen) atoms. The molecule has 228 valence electrons. The number of carbonyl (C=O) groups is 2. The van der Waals surface area contributed by atoms with Gasteiger partial charge in [0.2, 0.25) is 0 Å². The number of aryl methyl sites for hydroxylation is 2. The molecule has 2 amide bonds. The summed E-state index contributed by atoms with van der Waals surface area (Å²) in [5.41, 5.74) is 2.33. The molecule has 0 radical (unpaired) electrons. The molecule has 8 heteroatoms. The van der Waals surface area contributed by atoms with Crippen molar-refractivity contribution in [1.29, 1.82) is 0 Å². The van der Waals surface area contributed by atoms with E-state index >= 15 is 0 Å². The monoisotopic (exact) mass is 594 g/mol. The first-order valence-corrected chi connectivity index (χ1v) is 14.9. The third kappa shape index (κ3) is 9.26. The van der Waals surface area contributed by atoms with Gasteiger partial charge in [-0.25, -0.2) is 0 Å². The minimum atomic E-state index is -0.236. The third-order valence-corrected chi connectivity index (χ3v) is 7.36. The van der Waals surface area contributed by atoms with E-state index in [0.29, 0.717) is 23.0 Å². The van der Waals surface area contributed by atoms with Crippen LogP contribution in [0.4, 0.5) is 0 Å². The summed E-state index contributed by atoms with van der Waals surface area (Å²) in [4.78, 5) is 25.4. The Kier molecular flexibility index (Phi) is 10.4. The van der Waals surface area contributed by atoms with Crippen LogP contribution in [0.3, 0.4) is 0 Å². The summed E-state index contributed by atoms with van der Waals surface area (Å²) in [7, 11) is 0. The van der Waals surface area contributed by atoms with Crippen molar-refractivity contribution in [1.82, 2.24) is 10.6 Å². The number of benzene rings is 4. The van der Waals surface area contributed by atoms with Gasteiger partial charge in [0, 0.05) is 12.1 Å². The summed E-state index contributed by atoms with van der Waals surface area (Å²) in [5.74, 6) is 3.53. The van der Waals surface area contributed by atoms with Crippen LogP contribution in [0, 0.1) is 13.8 Å². The van der Waals surface area contributed by atoms with Crippen molar-refractivity contribution in [2.24, 2.45) is 0 Å². The van der Waals surface area contributed by atoms with Crippen molar-refractivity contribution >= 4 is 11.8 Å². The number of hydrogen-bond donors (Lipinski definition) is 2. The topological polar surface area (TPSA) is 95.1 Å². The lowest BCUT2D eigenvalue weighted by atomic mass is 9.90. The van der Waals surface area contributed by atoms with Gasteiger partial charge in [-0.3, -0.25) is 9.59 Å². The van der Waals surface area contributed by atoms with Crippen molar-refractivity contribution in [3.05, 3.63) is 108 Å². The van der Waals surface area contributed by atoms with E-state index in [1.54, 1.807) is 48.5 Å². The molecule has 4 aromatic carbocycles. The van der Waals surface area contributed by atoms with Gasteiger partial charge in [0.15, 0.2) is 13.2 Å². The molecule has 1 aliphatic rings. The second-order valence-corrected chi connectivity index (χ2v) is 11.0. The maximum absolute atomic E-state index is 12.7. The van der Waals surface area contributed by atoms with Crippen molar-refractivity contribution in [2.45, 2.75) is 51.6 Å². The number of ether oxygens (including phenoxy) is 4. The minimum absolute atomic E-state index is 0.123. The first kappa shape index (κ1) is 30.5. The molecular weight excluding hydrogens is 556 g/mol. The lowest BCUT2D eigenvalue weighted by Gasteiger charge is -2.32. The van der Waals surface area contributed by atoms with Crippen LogP contribution >= 0.6 is 0 Å². The first-order valence-electron chi connectivity index (χ1n) is 14.9. The smallest absolute Gasteiger partial charge is 0.258 e. The Bertz CT molecular complexity index is 1390. The fourth-order valence-corrected chi connectivity index (χ4v) is 4.96. The van der Waals surface area contributed by atoms with Gasteiger partial charge in [-0.2, -0.15) is 0 Å². The summed E-state index contributed by atoms with van der Waals surface area (Å²) >= 11 is 0. The molecule has 0 bridgehead atoms. The molecule has 0 saturated heterocycles. The maximum Gasteiger partial charge on any atom is 0.258 e. The highest BCUT2D eigenvalue weighted by Gasteiger charge is 2.28. The summed E-state index contributed by atoms with van der Waals surface area (Å²) in [5, 5.41) is 6.08. The molecule has 0 aromatic heterocycles. The van der Waals surface area contributed by atoms with Crippen molar-refractivity contribution in [3.8, 4) is 34.5 Å². The SMILES string of the molecule is Cc1ccc(Oc2ccc(OCC(=O)NC3CCCCC3NC(=O)COc3ccc(Oc4ccc(C)cc4)cc3)cc2)cc1. The van der Waals surface area contributed by atoms with Crippen molar-refractivity contribution in [3.63, 3.8) is 0 Å². The van der Waals surface area contributed by atoms with E-state index in [-0.39, 0.29) is 37.1 Å². The molecule has 1 saturated carbocycles. The molecule has 1 aliphatic carbocycles. The van der Waals surface area contributed by atoms with E-state index in [4.69, 9.17) is 18.9 Å². The molecule has 0 spiro atoms. The summed E-state index contributed by atoms with van der Waals surface area (Å²) in [6.45, 7) is 3.81. The van der Waals surface area contributed by atoms with Gasteiger partial charge in [0.05, 0.1) is 0 Å². The predicted octanol–water partition coefficient (Wildman–Crippen LogP) is 6.89. The van der Waals surface area contributed by atoms with Crippen LogP contribution < -0.4 is 29.6 Å². The Morgan fingerprint density at radius 2 is 0.818 bits per heavy atom. The molecule has 0 heterocycles. The number of hydrogen-bond acceptors (Lipinski definition) is 6. The van der Waals surface area contributed by atoms with Gasteiger partial charge in [-0.1, -0.05) is 48.2 Å². The van der Waals surface area contributed by atoms with E-state index in [9.17, 15) is 9.59 Å². The standard InChI is InChI=1S/C36H38N2O6/c1-25-7-11-29(12-8-25)43-31-19-15-27(16-20-31)41-23-35(39)37-33-5-3-4-6-34(33)38-36(40)24-42-28-17-21-32(22-18-28)44-30-13-9-26(2)10-14-30/h7-22,33-34H,3-6,23-24H2,1-2H3,(H,37,39)(H,38,40). The molecular formula is C36H38N2O6. The van der Waals surface area contributed by atoms with Crippen LogP contribution in [0.15, 0.2) is 97.1 Å². The van der Waals surface area contributed by atoms with Gasteiger partial charge >= 0.3 is 0 Å². The van der Waals surface area contributed by atoms with Crippen LogP contribution in [-0.2, 0) is 9.59 Å². The molecule has 2 unspecified atom stereocenters. The zero-order chi connectivity index (χ0) is 30.7. The highest BCUT2D eigenvalue weighted by atomic mass is 16.5. The van der Waals surface area contributed by atoms with Crippen LogP contribution in [0.5, 0.6) is 34.5 Å². The van der Waals surface area contributed by atoms with E-state index in [0.717, 1.165) is 48.3 Å². The maximum atomic E-state index is 12.7. The van der Waals surface area contributed by atoms with Crippen LogP contribution in [-0.4, -0.2) is 37.1 Å². The number of nitrogens with one attached hydrogen (secondary N) is 2. The van der Waals surface area contributed by atoms with E-state index in [1.165, 1.54) is 0 Å². The Labute approximate surface area is 258 Å². The third-order valence-electron chi connectivity index (χ3n) is 7.36. The normalized spacial score (nSPS) is 16.0. The summed E-state index contributed by atoms with van der Waals surface area (Å²) in [6.07, 6.45) is 3.53. The van der Waals surface area contributed by atoms with E-state index < -0.39 is 0 Å². The Morgan fingerprint density at radius 3 is 1.16 bits per heavy atom. The Hall–Kier alpha value is -4.98. The summed E-state index contributed by atoms with van der Waals surface area (Å²) < 4.78 is 23.1. The van der Waals surface area contributed by atoms with Gasteiger partial charge in [0.1, 0.15) is 34.5 Å². The number of amides is 2. The average molecular weight is 595 g/mol. The average Bonchev–Trinajstić information content (AvgIpc) is 3.03. The zero-order valence-corrected chi connectivity index (χ0v) is 25.1. The lowest BCUT2D eigenvalue weighted by molar-refractivity contribution is -0.127. The number of rotatable bonds is 12. The molecule has 2 atom stereocenters. The number of carbonyl (C=O) groups excluding carboxylic acids is 2. The first-order chi connectivity index (χ1) is 21.4. The Balaban J connectivity index is 1.04. The van der Waals surface area contributed by atoms with Crippen LogP contribution in [0.2, 0.25) is 0 Å². The van der Waals surface area contributed by atoms with Gasteiger partial charge in [0.25, 0.3) is 11.8 Å².